The average molecular weight is 370 g/mol. The Morgan fingerprint density at radius 1 is 1.07 bits per heavy atom. The number of pyridine rings is 1. The fourth-order valence-corrected chi connectivity index (χ4v) is 3.26. The van der Waals surface area contributed by atoms with Crippen LogP contribution >= 0.6 is 0 Å². The number of methoxy groups -OCH3 is 1. The quantitative estimate of drug-likeness (QED) is 0.653. The van der Waals surface area contributed by atoms with Gasteiger partial charge in [-0.2, -0.15) is 0 Å². The summed E-state index contributed by atoms with van der Waals surface area (Å²) in [6.45, 7) is 12.2. The van der Waals surface area contributed by atoms with E-state index in [4.69, 9.17) is 9.47 Å². The van der Waals surface area contributed by atoms with Crippen molar-refractivity contribution in [3.8, 4) is 11.6 Å². The van der Waals surface area contributed by atoms with Crippen LogP contribution in [0.25, 0.3) is 0 Å². The van der Waals surface area contributed by atoms with E-state index in [2.05, 4.69) is 36.3 Å². The lowest BCUT2D eigenvalue weighted by atomic mass is 10.1. The third-order valence-electron chi connectivity index (χ3n) is 4.76. The van der Waals surface area contributed by atoms with Crippen LogP contribution in [0.2, 0.25) is 0 Å². The van der Waals surface area contributed by atoms with E-state index in [0.717, 1.165) is 41.0 Å². The Balaban J connectivity index is 2.58. The smallest absolute Gasteiger partial charge is 0.345 e. The lowest BCUT2D eigenvalue weighted by Crippen LogP contribution is -2.21. The fraction of sp³-hybridized carbons (Fsp3) is 0.455. The van der Waals surface area contributed by atoms with E-state index in [1.54, 1.807) is 6.20 Å². The first kappa shape index (κ1) is 20.7. The van der Waals surface area contributed by atoms with Crippen molar-refractivity contribution in [3.05, 3.63) is 46.1 Å². The SMILES string of the molecule is CCC(CC)Nc1c(C)cnc(Oc2c(C)cc(C)cc2C)c1C(=O)OC. The third kappa shape index (κ3) is 4.59. The van der Waals surface area contributed by atoms with Crippen LogP contribution in [0.4, 0.5) is 5.69 Å². The van der Waals surface area contributed by atoms with E-state index in [1.165, 1.54) is 12.7 Å². The number of anilines is 1. The second kappa shape index (κ2) is 8.89. The molecular weight excluding hydrogens is 340 g/mol. The van der Waals surface area contributed by atoms with Crippen molar-refractivity contribution in [2.24, 2.45) is 0 Å². The maximum Gasteiger partial charge on any atom is 0.345 e. The van der Waals surface area contributed by atoms with Gasteiger partial charge in [-0.3, -0.25) is 0 Å². The van der Waals surface area contributed by atoms with Gasteiger partial charge in [0.05, 0.1) is 12.8 Å². The molecule has 2 aromatic rings. The molecule has 146 valence electrons. The van der Waals surface area contributed by atoms with Gasteiger partial charge in [0, 0.05) is 12.2 Å². The first-order chi connectivity index (χ1) is 12.8. The summed E-state index contributed by atoms with van der Waals surface area (Å²) < 4.78 is 11.2. The number of ether oxygens (including phenoxy) is 2. The molecule has 0 radical (unpaired) electrons. The van der Waals surface area contributed by atoms with Gasteiger partial charge < -0.3 is 14.8 Å². The highest BCUT2D eigenvalue weighted by Crippen LogP contribution is 2.35. The van der Waals surface area contributed by atoms with E-state index < -0.39 is 5.97 Å². The van der Waals surface area contributed by atoms with E-state index in [0.29, 0.717) is 5.56 Å². The largest absolute Gasteiger partial charge is 0.465 e. The second-order valence-corrected chi connectivity index (χ2v) is 6.98. The van der Waals surface area contributed by atoms with Crippen molar-refractivity contribution < 1.29 is 14.3 Å². The van der Waals surface area contributed by atoms with Gasteiger partial charge in [-0.25, -0.2) is 9.78 Å². The zero-order valence-electron chi connectivity index (χ0n) is 17.4. The Kier molecular flexibility index (Phi) is 6.83. The van der Waals surface area contributed by atoms with Crippen LogP contribution in [0, 0.1) is 27.7 Å². The molecule has 0 atom stereocenters. The summed E-state index contributed by atoms with van der Waals surface area (Å²) in [5, 5.41) is 3.47. The molecule has 1 aromatic carbocycles. The van der Waals surface area contributed by atoms with Crippen molar-refractivity contribution in [1.29, 1.82) is 0 Å². The summed E-state index contributed by atoms with van der Waals surface area (Å²) in [6.07, 6.45) is 3.63. The zero-order chi connectivity index (χ0) is 20.1. The van der Waals surface area contributed by atoms with E-state index in [1.807, 2.05) is 27.7 Å². The van der Waals surface area contributed by atoms with E-state index in [-0.39, 0.29) is 11.9 Å². The molecule has 5 heteroatoms. The molecule has 27 heavy (non-hydrogen) atoms. The van der Waals surface area contributed by atoms with Crippen LogP contribution in [0.5, 0.6) is 11.6 Å². The van der Waals surface area contributed by atoms with Crippen molar-refractivity contribution in [3.63, 3.8) is 0 Å². The van der Waals surface area contributed by atoms with E-state index in [9.17, 15) is 4.79 Å². The molecule has 1 heterocycles. The van der Waals surface area contributed by atoms with Gasteiger partial charge in [0.15, 0.2) is 0 Å². The van der Waals surface area contributed by atoms with Crippen molar-refractivity contribution in [2.45, 2.75) is 60.4 Å². The Labute approximate surface area is 162 Å². The van der Waals surface area contributed by atoms with Crippen molar-refractivity contribution in [1.82, 2.24) is 4.98 Å². The number of carbonyl (C=O) groups excluding carboxylic acids is 1. The fourth-order valence-electron chi connectivity index (χ4n) is 3.26. The zero-order valence-corrected chi connectivity index (χ0v) is 17.4. The predicted molar refractivity (Wildman–Crippen MR) is 109 cm³/mol. The summed E-state index contributed by atoms with van der Waals surface area (Å²) in [4.78, 5) is 17.0. The van der Waals surface area contributed by atoms with Gasteiger partial charge >= 0.3 is 5.97 Å². The second-order valence-electron chi connectivity index (χ2n) is 6.98. The van der Waals surface area contributed by atoms with Crippen molar-refractivity contribution in [2.75, 3.05) is 12.4 Å². The Morgan fingerprint density at radius 2 is 1.67 bits per heavy atom. The lowest BCUT2D eigenvalue weighted by Gasteiger charge is -2.22. The molecule has 5 nitrogen and oxygen atoms in total. The standard InChI is InChI=1S/C22H30N2O3/c1-8-17(9-2)24-19-16(6)12-23-21(18(19)22(25)26-7)27-20-14(4)10-13(3)11-15(20)5/h10-12,17H,8-9H2,1-7H3,(H,23,24). The van der Waals surface area contributed by atoms with Crippen LogP contribution in [0.1, 0.15) is 59.3 Å². The molecule has 2 rings (SSSR count). The Morgan fingerprint density at radius 3 is 2.19 bits per heavy atom. The van der Waals surface area contributed by atoms with Gasteiger partial charge in [-0.1, -0.05) is 31.5 Å². The molecule has 0 spiro atoms. The number of hydrogen-bond acceptors (Lipinski definition) is 5. The monoisotopic (exact) mass is 370 g/mol. The Hall–Kier alpha value is -2.56. The predicted octanol–water partition coefficient (Wildman–Crippen LogP) is 5.49. The minimum absolute atomic E-state index is 0.255. The molecule has 0 aliphatic heterocycles. The van der Waals surface area contributed by atoms with Crippen LogP contribution in [0.3, 0.4) is 0 Å². The van der Waals surface area contributed by atoms with Gasteiger partial charge in [-0.05, 0) is 57.2 Å². The number of nitrogens with one attached hydrogen (secondary N) is 1. The van der Waals surface area contributed by atoms with Crippen LogP contribution in [-0.2, 0) is 4.74 Å². The number of rotatable bonds is 7. The van der Waals surface area contributed by atoms with Gasteiger partial charge in [0.1, 0.15) is 11.3 Å². The Bertz CT molecular complexity index is 804. The number of benzene rings is 1. The summed E-state index contributed by atoms with van der Waals surface area (Å²) in [7, 11) is 1.37. The first-order valence-corrected chi connectivity index (χ1v) is 9.42. The number of esters is 1. The topological polar surface area (TPSA) is 60.5 Å². The summed E-state index contributed by atoms with van der Waals surface area (Å²) in [6, 6.07) is 4.36. The average Bonchev–Trinajstić information content (AvgIpc) is 2.63. The maximum absolute atomic E-state index is 12.6. The van der Waals surface area contributed by atoms with Crippen LogP contribution in [0.15, 0.2) is 18.3 Å². The number of nitrogens with zero attached hydrogens (tertiary/aromatic N) is 1. The normalized spacial score (nSPS) is 10.8. The maximum atomic E-state index is 12.6. The van der Waals surface area contributed by atoms with Crippen LogP contribution in [-0.4, -0.2) is 24.1 Å². The highest BCUT2D eigenvalue weighted by Gasteiger charge is 2.24. The molecule has 0 aliphatic carbocycles. The first-order valence-electron chi connectivity index (χ1n) is 9.42. The molecule has 1 N–H and O–H groups in total. The number of hydrogen-bond donors (Lipinski definition) is 1. The molecule has 0 saturated carbocycles. The molecule has 0 fully saturated rings. The van der Waals surface area contributed by atoms with E-state index >= 15 is 0 Å². The lowest BCUT2D eigenvalue weighted by molar-refractivity contribution is 0.0598. The highest BCUT2D eigenvalue weighted by atomic mass is 16.5. The summed E-state index contributed by atoms with van der Waals surface area (Å²) in [5.74, 6) is 0.517. The van der Waals surface area contributed by atoms with Gasteiger partial charge in [0.25, 0.3) is 0 Å². The minimum atomic E-state index is -0.461. The number of aromatic nitrogens is 1. The minimum Gasteiger partial charge on any atom is -0.465 e. The summed E-state index contributed by atoms with van der Waals surface area (Å²) >= 11 is 0. The van der Waals surface area contributed by atoms with Gasteiger partial charge in [-0.15, -0.1) is 0 Å². The highest BCUT2D eigenvalue weighted by molar-refractivity contribution is 5.99. The molecule has 0 aliphatic rings. The molecule has 0 bridgehead atoms. The number of aryl methyl sites for hydroxylation is 4. The molecular formula is C22H30N2O3. The third-order valence-corrected chi connectivity index (χ3v) is 4.76. The molecule has 0 amide bonds. The molecule has 0 saturated heterocycles. The molecule has 1 aromatic heterocycles. The summed E-state index contributed by atoms with van der Waals surface area (Å²) in [5.41, 5.74) is 5.11. The molecule has 0 unspecified atom stereocenters. The van der Waals surface area contributed by atoms with Gasteiger partial charge in [0.2, 0.25) is 5.88 Å². The van der Waals surface area contributed by atoms with Crippen LogP contribution < -0.4 is 10.1 Å². The number of carbonyl (C=O) groups is 1. The van der Waals surface area contributed by atoms with Crippen molar-refractivity contribution >= 4 is 11.7 Å².